The molecule has 0 spiro atoms. The van der Waals surface area contributed by atoms with E-state index >= 15 is 0 Å². The summed E-state index contributed by atoms with van der Waals surface area (Å²) in [6, 6.07) is 4.85. The van der Waals surface area contributed by atoms with Crippen molar-refractivity contribution in [2.24, 2.45) is 0 Å². The standard InChI is InChI=1S/C16H17ClN2O4S/c1-2-19(9-24(21)22)14-7-11(17)5-6-12(14)15(20)13-8-18-23-16(13)10-3-4-10/h5-8,10,24H,2-4,9H2,1H3. The molecule has 0 radical (unpaired) electrons. The molecule has 1 aromatic carbocycles. The summed E-state index contributed by atoms with van der Waals surface area (Å²) in [7, 11) is -2.62. The van der Waals surface area contributed by atoms with Gasteiger partial charge in [0, 0.05) is 23.0 Å². The van der Waals surface area contributed by atoms with Crippen LogP contribution >= 0.6 is 11.6 Å². The summed E-state index contributed by atoms with van der Waals surface area (Å²) in [6.07, 6.45) is 3.40. The lowest BCUT2D eigenvalue weighted by molar-refractivity contribution is 0.103. The molecule has 1 fully saturated rings. The first-order valence-electron chi connectivity index (χ1n) is 7.66. The van der Waals surface area contributed by atoms with Gasteiger partial charge in [-0.25, -0.2) is 8.42 Å². The average Bonchev–Trinajstić information content (AvgIpc) is 3.28. The molecule has 0 atom stereocenters. The molecule has 128 valence electrons. The van der Waals surface area contributed by atoms with Crippen LogP contribution in [0.25, 0.3) is 0 Å². The van der Waals surface area contributed by atoms with E-state index in [0.717, 1.165) is 12.8 Å². The van der Waals surface area contributed by atoms with Gasteiger partial charge in [0.25, 0.3) is 0 Å². The maximum atomic E-state index is 13.0. The molecule has 0 N–H and O–H groups in total. The molecule has 0 saturated heterocycles. The van der Waals surface area contributed by atoms with Crippen molar-refractivity contribution in [3.8, 4) is 0 Å². The Morgan fingerprint density at radius 1 is 1.38 bits per heavy atom. The Bertz CT molecular complexity index is 834. The lowest BCUT2D eigenvalue weighted by Crippen LogP contribution is -2.26. The first-order valence-corrected chi connectivity index (χ1v) is 9.41. The third-order valence-electron chi connectivity index (χ3n) is 4.00. The zero-order valence-corrected chi connectivity index (χ0v) is 14.7. The molecule has 1 aromatic heterocycles. The van der Waals surface area contributed by atoms with E-state index in [4.69, 9.17) is 16.1 Å². The molecule has 0 aliphatic heterocycles. The van der Waals surface area contributed by atoms with E-state index in [0.29, 0.717) is 34.1 Å². The Morgan fingerprint density at radius 3 is 2.75 bits per heavy atom. The van der Waals surface area contributed by atoms with Gasteiger partial charge < -0.3 is 9.42 Å². The Labute approximate surface area is 146 Å². The van der Waals surface area contributed by atoms with Crippen LogP contribution in [0.5, 0.6) is 0 Å². The zero-order chi connectivity index (χ0) is 17.3. The van der Waals surface area contributed by atoms with Crippen molar-refractivity contribution in [2.45, 2.75) is 25.7 Å². The van der Waals surface area contributed by atoms with Crippen molar-refractivity contribution >= 4 is 33.8 Å². The fourth-order valence-corrected chi connectivity index (χ4v) is 3.45. The van der Waals surface area contributed by atoms with E-state index < -0.39 is 10.7 Å². The number of hydrogen-bond donors (Lipinski definition) is 1. The van der Waals surface area contributed by atoms with Crippen LogP contribution in [0.15, 0.2) is 28.9 Å². The molecular formula is C16H17ClN2O4S. The lowest BCUT2D eigenvalue weighted by atomic mass is 10.0. The minimum Gasteiger partial charge on any atom is -0.360 e. The topological polar surface area (TPSA) is 80.5 Å². The molecule has 8 heteroatoms. The zero-order valence-electron chi connectivity index (χ0n) is 13.1. The average molecular weight is 369 g/mol. The Balaban J connectivity index is 2.03. The normalized spacial score (nSPS) is 14.1. The van der Waals surface area contributed by atoms with Crippen molar-refractivity contribution in [3.05, 3.63) is 46.3 Å². The van der Waals surface area contributed by atoms with E-state index in [2.05, 4.69) is 5.16 Å². The lowest BCUT2D eigenvalue weighted by Gasteiger charge is -2.23. The number of thiol groups is 1. The predicted molar refractivity (Wildman–Crippen MR) is 91.6 cm³/mol. The minimum absolute atomic E-state index is 0.175. The number of carbonyl (C=O) groups is 1. The predicted octanol–water partition coefficient (Wildman–Crippen LogP) is 2.83. The van der Waals surface area contributed by atoms with Gasteiger partial charge >= 0.3 is 0 Å². The summed E-state index contributed by atoms with van der Waals surface area (Å²) in [4.78, 5) is 14.6. The van der Waals surface area contributed by atoms with Crippen LogP contribution in [-0.2, 0) is 10.7 Å². The molecule has 0 bridgehead atoms. The highest BCUT2D eigenvalue weighted by atomic mass is 35.5. The summed E-state index contributed by atoms with van der Waals surface area (Å²) >= 11 is 6.06. The molecule has 6 nitrogen and oxygen atoms in total. The first-order chi connectivity index (χ1) is 11.5. The van der Waals surface area contributed by atoms with Crippen LogP contribution in [0.2, 0.25) is 5.02 Å². The van der Waals surface area contributed by atoms with Gasteiger partial charge in [-0.3, -0.25) is 4.79 Å². The molecule has 1 aliphatic rings. The maximum Gasteiger partial charge on any atom is 0.200 e. The third-order valence-corrected chi connectivity index (χ3v) is 4.81. The molecule has 24 heavy (non-hydrogen) atoms. The van der Waals surface area contributed by atoms with Gasteiger partial charge in [-0.2, -0.15) is 0 Å². The van der Waals surface area contributed by atoms with Crippen molar-refractivity contribution in [3.63, 3.8) is 0 Å². The summed E-state index contributed by atoms with van der Waals surface area (Å²) in [5.41, 5.74) is 1.32. The quantitative estimate of drug-likeness (QED) is 0.598. The number of benzene rings is 1. The largest absolute Gasteiger partial charge is 0.360 e. The van der Waals surface area contributed by atoms with Gasteiger partial charge in [-0.15, -0.1) is 0 Å². The van der Waals surface area contributed by atoms with E-state index in [-0.39, 0.29) is 17.6 Å². The molecule has 3 rings (SSSR count). The molecule has 2 aromatic rings. The van der Waals surface area contributed by atoms with Gasteiger partial charge in [0.05, 0.1) is 17.4 Å². The van der Waals surface area contributed by atoms with Gasteiger partial charge in [-0.1, -0.05) is 16.8 Å². The molecule has 1 aliphatic carbocycles. The first kappa shape index (κ1) is 17.0. The summed E-state index contributed by atoms with van der Waals surface area (Å²) < 4.78 is 27.5. The van der Waals surface area contributed by atoms with E-state index in [9.17, 15) is 13.2 Å². The van der Waals surface area contributed by atoms with Gasteiger partial charge in [-0.05, 0) is 38.0 Å². The monoisotopic (exact) mass is 368 g/mol. The fraction of sp³-hybridized carbons (Fsp3) is 0.375. The molecular weight excluding hydrogens is 352 g/mol. The number of nitrogens with zero attached hydrogens (tertiary/aromatic N) is 2. The van der Waals surface area contributed by atoms with Crippen molar-refractivity contribution < 1.29 is 17.7 Å². The fourth-order valence-electron chi connectivity index (χ4n) is 2.65. The second-order valence-electron chi connectivity index (χ2n) is 5.70. The second kappa shape index (κ2) is 6.94. The third kappa shape index (κ3) is 3.47. The van der Waals surface area contributed by atoms with Crippen LogP contribution in [0.1, 0.15) is 47.4 Å². The molecule has 1 saturated carbocycles. The highest BCUT2D eigenvalue weighted by molar-refractivity contribution is 7.72. The van der Waals surface area contributed by atoms with Crippen molar-refractivity contribution in [1.82, 2.24) is 5.16 Å². The van der Waals surface area contributed by atoms with Crippen LogP contribution in [-0.4, -0.2) is 31.8 Å². The highest BCUT2D eigenvalue weighted by Gasteiger charge is 2.33. The molecule has 1 heterocycles. The van der Waals surface area contributed by atoms with Crippen molar-refractivity contribution in [2.75, 3.05) is 17.3 Å². The van der Waals surface area contributed by atoms with E-state index in [1.165, 1.54) is 6.20 Å². The SMILES string of the molecule is CCN(C[SH](=O)=O)c1cc(Cl)ccc1C(=O)c1cnoc1C1CC1. The Hall–Kier alpha value is -1.86. The van der Waals surface area contributed by atoms with E-state index in [1.54, 1.807) is 23.1 Å². The van der Waals surface area contributed by atoms with Crippen LogP contribution in [0.3, 0.4) is 0 Å². The molecule has 0 unspecified atom stereocenters. The summed E-state index contributed by atoms with van der Waals surface area (Å²) in [6.45, 7) is 2.26. The second-order valence-corrected chi connectivity index (χ2v) is 7.08. The number of hydrogen-bond acceptors (Lipinski definition) is 6. The number of rotatable bonds is 7. The number of anilines is 1. The number of halogens is 1. The maximum absolute atomic E-state index is 13.0. The number of ketones is 1. The summed E-state index contributed by atoms with van der Waals surface area (Å²) in [5.74, 6) is 0.454. The Kier molecular flexibility index (Phi) is 4.91. The Morgan fingerprint density at radius 2 is 2.12 bits per heavy atom. The molecule has 0 amide bonds. The van der Waals surface area contributed by atoms with Crippen molar-refractivity contribution in [1.29, 1.82) is 0 Å². The van der Waals surface area contributed by atoms with Gasteiger partial charge in [0.15, 0.2) is 22.2 Å². The van der Waals surface area contributed by atoms with Gasteiger partial charge in [0.1, 0.15) is 5.88 Å². The van der Waals surface area contributed by atoms with Crippen LogP contribution in [0, 0.1) is 0 Å². The smallest absolute Gasteiger partial charge is 0.200 e. The highest BCUT2D eigenvalue weighted by Crippen LogP contribution is 2.42. The number of carbonyl (C=O) groups excluding carboxylic acids is 1. The van der Waals surface area contributed by atoms with Crippen LogP contribution in [0.4, 0.5) is 5.69 Å². The summed E-state index contributed by atoms with van der Waals surface area (Å²) in [5, 5.41) is 4.20. The van der Waals surface area contributed by atoms with Crippen LogP contribution < -0.4 is 4.90 Å². The minimum atomic E-state index is -2.62. The number of aromatic nitrogens is 1. The van der Waals surface area contributed by atoms with E-state index in [1.807, 2.05) is 6.92 Å². The van der Waals surface area contributed by atoms with Gasteiger partial charge in [0.2, 0.25) is 0 Å².